The molecule has 0 unspecified atom stereocenters. The summed E-state index contributed by atoms with van der Waals surface area (Å²) < 4.78 is 26.0. The van der Waals surface area contributed by atoms with Crippen molar-refractivity contribution in [2.24, 2.45) is 0 Å². The minimum Gasteiger partial charge on any atom is -0.394 e. The number of carbonyl (C=O) groups is 1. The van der Waals surface area contributed by atoms with Crippen LogP contribution in [0.3, 0.4) is 0 Å². The van der Waals surface area contributed by atoms with E-state index in [0.29, 0.717) is 6.54 Å². The Morgan fingerprint density at radius 1 is 1.36 bits per heavy atom. The molecule has 6 nitrogen and oxygen atoms in total. The maximum absolute atomic E-state index is 12.5. The number of rotatable bonds is 5. The minimum absolute atomic E-state index is 0.0832. The van der Waals surface area contributed by atoms with Gasteiger partial charge in [-0.1, -0.05) is 17.7 Å². The molecule has 1 aromatic rings. The van der Waals surface area contributed by atoms with Gasteiger partial charge in [-0.3, -0.25) is 4.79 Å². The molecule has 7 heteroatoms. The number of amides is 1. The molecular weight excluding hydrogens is 304 g/mol. The number of aliphatic hydroxyl groups excluding tert-OH is 1. The van der Waals surface area contributed by atoms with E-state index in [9.17, 15) is 18.3 Å². The molecule has 1 N–H and O–H groups in total. The highest BCUT2D eigenvalue weighted by Gasteiger charge is 2.31. The van der Waals surface area contributed by atoms with E-state index in [0.717, 1.165) is 22.7 Å². The molecule has 1 saturated heterocycles. The van der Waals surface area contributed by atoms with Gasteiger partial charge in [0.25, 0.3) is 0 Å². The Labute approximate surface area is 131 Å². The van der Waals surface area contributed by atoms with Crippen molar-refractivity contribution in [3.8, 4) is 0 Å². The second kappa shape index (κ2) is 6.76. The first-order valence-corrected chi connectivity index (χ1v) is 8.73. The van der Waals surface area contributed by atoms with Crippen LogP contribution >= 0.6 is 0 Å². The van der Waals surface area contributed by atoms with Gasteiger partial charge in [0.05, 0.1) is 24.1 Å². The van der Waals surface area contributed by atoms with Crippen LogP contribution in [-0.2, 0) is 14.8 Å². The van der Waals surface area contributed by atoms with Gasteiger partial charge in [0.2, 0.25) is 15.9 Å². The highest BCUT2D eigenvalue weighted by Crippen LogP contribution is 2.19. The molecular formula is C15H22N2O4S. The fourth-order valence-electron chi connectivity index (χ4n) is 2.61. The predicted octanol–water partition coefficient (Wildman–Crippen LogP) is 0.599. The third kappa shape index (κ3) is 3.48. The maximum atomic E-state index is 12.5. The maximum Gasteiger partial charge on any atom is 0.243 e. The van der Waals surface area contributed by atoms with Crippen molar-refractivity contribution in [2.45, 2.75) is 30.7 Å². The lowest BCUT2D eigenvalue weighted by Gasteiger charge is -2.25. The van der Waals surface area contributed by atoms with E-state index in [1.165, 1.54) is 19.2 Å². The largest absolute Gasteiger partial charge is 0.394 e. The van der Waals surface area contributed by atoms with Gasteiger partial charge in [-0.25, -0.2) is 8.42 Å². The van der Waals surface area contributed by atoms with E-state index in [1.807, 2.05) is 6.92 Å². The fraction of sp³-hybridized carbons (Fsp3) is 0.533. The Morgan fingerprint density at radius 2 is 2.00 bits per heavy atom. The van der Waals surface area contributed by atoms with Crippen LogP contribution in [0.15, 0.2) is 29.2 Å². The summed E-state index contributed by atoms with van der Waals surface area (Å²) in [6, 6.07) is 6.34. The topological polar surface area (TPSA) is 77.9 Å². The molecule has 1 atom stereocenters. The van der Waals surface area contributed by atoms with Crippen LogP contribution in [0.25, 0.3) is 0 Å². The summed E-state index contributed by atoms with van der Waals surface area (Å²) in [5.41, 5.74) is 0.973. The molecule has 1 aliphatic heterocycles. The first kappa shape index (κ1) is 16.9. The van der Waals surface area contributed by atoms with Crippen LogP contribution in [0.4, 0.5) is 0 Å². The first-order valence-electron chi connectivity index (χ1n) is 7.29. The van der Waals surface area contributed by atoms with Gasteiger partial charge in [-0.2, -0.15) is 4.31 Å². The SMILES string of the molecule is Cc1ccc(S(=O)(=O)N(C)CC(=O)N2CCC[C@H]2CO)cc1. The zero-order valence-electron chi connectivity index (χ0n) is 12.9. The van der Waals surface area contributed by atoms with Gasteiger partial charge in [0, 0.05) is 13.6 Å². The van der Waals surface area contributed by atoms with Gasteiger partial charge in [-0.15, -0.1) is 0 Å². The molecule has 0 aromatic heterocycles. The Hall–Kier alpha value is -1.44. The normalized spacial score (nSPS) is 18.9. The molecule has 2 rings (SSSR count). The highest BCUT2D eigenvalue weighted by atomic mass is 32.2. The summed E-state index contributed by atoms with van der Waals surface area (Å²) >= 11 is 0. The second-order valence-corrected chi connectivity index (χ2v) is 7.68. The quantitative estimate of drug-likeness (QED) is 0.859. The van der Waals surface area contributed by atoms with E-state index in [1.54, 1.807) is 17.0 Å². The van der Waals surface area contributed by atoms with Crippen molar-refractivity contribution in [2.75, 3.05) is 26.7 Å². The summed E-state index contributed by atoms with van der Waals surface area (Å²) in [6.45, 7) is 2.15. The number of hydrogen-bond acceptors (Lipinski definition) is 4. The lowest BCUT2D eigenvalue weighted by molar-refractivity contribution is -0.132. The Morgan fingerprint density at radius 3 is 2.59 bits per heavy atom. The van der Waals surface area contributed by atoms with E-state index in [4.69, 9.17) is 0 Å². The van der Waals surface area contributed by atoms with Crippen molar-refractivity contribution in [3.05, 3.63) is 29.8 Å². The van der Waals surface area contributed by atoms with Crippen LogP contribution < -0.4 is 0 Å². The molecule has 0 spiro atoms. The minimum atomic E-state index is -3.68. The van der Waals surface area contributed by atoms with Crippen LogP contribution in [0.5, 0.6) is 0 Å². The number of carbonyl (C=O) groups excluding carboxylic acids is 1. The number of likely N-dealkylation sites (N-methyl/N-ethyl adjacent to an activating group) is 1. The van der Waals surface area contributed by atoms with E-state index in [2.05, 4.69) is 0 Å². The average Bonchev–Trinajstić information content (AvgIpc) is 2.96. The van der Waals surface area contributed by atoms with Gasteiger partial charge in [-0.05, 0) is 31.9 Å². The Bertz CT molecular complexity index is 627. The van der Waals surface area contributed by atoms with Crippen molar-refractivity contribution >= 4 is 15.9 Å². The molecule has 1 fully saturated rings. The van der Waals surface area contributed by atoms with E-state index >= 15 is 0 Å². The summed E-state index contributed by atoms with van der Waals surface area (Å²) in [6.07, 6.45) is 1.60. The van der Waals surface area contributed by atoms with Crippen molar-refractivity contribution in [1.29, 1.82) is 0 Å². The highest BCUT2D eigenvalue weighted by molar-refractivity contribution is 7.89. The third-order valence-electron chi connectivity index (χ3n) is 4.00. The van der Waals surface area contributed by atoms with Crippen LogP contribution in [0, 0.1) is 6.92 Å². The summed E-state index contributed by atoms with van der Waals surface area (Å²) in [5.74, 6) is -0.269. The zero-order chi connectivity index (χ0) is 16.3. The standard InChI is InChI=1S/C15H22N2O4S/c1-12-5-7-14(8-6-12)22(20,21)16(2)10-15(19)17-9-3-4-13(17)11-18/h5-8,13,18H,3-4,9-11H2,1-2H3/t13-/m0/s1. The van der Waals surface area contributed by atoms with Crippen molar-refractivity contribution in [3.63, 3.8) is 0 Å². The lowest BCUT2D eigenvalue weighted by atomic mass is 10.2. The van der Waals surface area contributed by atoms with Gasteiger partial charge in [0.1, 0.15) is 0 Å². The van der Waals surface area contributed by atoms with Crippen LogP contribution in [0.1, 0.15) is 18.4 Å². The van der Waals surface area contributed by atoms with Crippen LogP contribution in [-0.4, -0.2) is 61.4 Å². The van der Waals surface area contributed by atoms with E-state index in [-0.39, 0.29) is 30.0 Å². The lowest BCUT2D eigenvalue weighted by Crippen LogP contribution is -2.44. The second-order valence-electron chi connectivity index (χ2n) is 5.64. The molecule has 1 aromatic carbocycles. The number of hydrogen-bond donors (Lipinski definition) is 1. The van der Waals surface area contributed by atoms with E-state index < -0.39 is 10.0 Å². The molecule has 1 heterocycles. The molecule has 0 saturated carbocycles. The number of aliphatic hydroxyl groups is 1. The number of aryl methyl sites for hydroxylation is 1. The summed E-state index contributed by atoms with van der Waals surface area (Å²) in [7, 11) is -2.28. The number of sulfonamides is 1. The summed E-state index contributed by atoms with van der Waals surface area (Å²) in [4.78, 5) is 14.0. The van der Waals surface area contributed by atoms with Crippen molar-refractivity contribution < 1.29 is 18.3 Å². The fourth-order valence-corrected chi connectivity index (χ4v) is 3.73. The first-order chi connectivity index (χ1) is 10.4. The van der Waals surface area contributed by atoms with Crippen LogP contribution in [0.2, 0.25) is 0 Å². The Balaban J connectivity index is 2.09. The predicted molar refractivity (Wildman–Crippen MR) is 82.8 cm³/mol. The van der Waals surface area contributed by atoms with Gasteiger partial charge >= 0.3 is 0 Å². The molecule has 122 valence electrons. The molecule has 0 radical (unpaired) electrons. The van der Waals surface area contributed by atoms with Crippen molar-refractivity contribution in [1.82, 2.24) is 9.21 Å². The molecule has 0 aliphatic carbocycles. The monoisotopic (exact) mass is 326 g/mol. The number of benzene rings is 1. The molecule has 1 amide bonds. The number of nitrogens with zero attached hydrogens (tertiary/aromatic N) is 2. The Kier molecular flexibility index (Phi) is 5.20. The zero-order valence-corrected chi connectivity index (χ0v) is 13.7. The van der Waals surface area contributed by atoms with Gasteiger partial charge in [0.15, 0.2) is 0 Å². The third-order valence-corrected chi connectivity index (χ3v) is 5.81. The number of likely N-dealkylation sites (tertiary alicyclic amines) is 1. The van der Waals surface area contributed by atoms with Gasteiger partial charge < -0.3 is 10.0 Å². The smallest absolute Gasteiger partial charge is 0.243 e. The molecule has 22 heavy (non-hydrogen) atoms. The summed E-state index contributed by atoms with van der Waals surface area (Å²) in [5, 5.41) is 9.26. The molecule has 1 aliphatic rings. The molecule has 0 bridgehead atoms. The average molecular weight is 326 g/mol.